The third kappa shape index (κ3) is 5.27. The molecule has 0 atom stereocenters. The Bertz CT molecular complexity index is 309. The third-order valence-electron chi connectivity index (χ3n) is 1.44. The summed E-state index contributed by atoms with van der Waals surface area (Å²) in [5.74, 6) is 0. The van der Waals surface area contributed by atoms with Gasteiger partial charge in [0, 0.05) is 0 Å². The van der Waals surface area contributed by atoms with Gasteiger partial charge in [0.05, 0.1) is 0 Å². The SMILES string of the molecule is FC(F)(F)C(=[C-]Br)c1ccccc1.[Zn+][Br]. The molecule has 0 spiro atoms. The minimum absolute atomic E-state index is 0.104. The second-order valence-corrected chi connectivity index (χ2v) is 2.73. The van der Waals surface area contributed by atoms with Crippen molar-refractivity contribution in [2.24, 2.45) is 0 Å². The molecule has 0 saturated heterocycles. The Hall–Kier alpha value is 0.333. The van der Waals surface area contributed by atoms with E-state index in [1.54, 1.807) is 18.2 Å². The van der Waals surface area contributed by atoms with Crippen molar-refractivity contribution in [1.82, 2.24) is 0 Å². The molecule has 0 aliphatic rings. The van der Waals surface area contributed by atoms with Gasteiger partial charge in [-0.1, -0.05) is 18.2 Å². The van der Waals surface area contributed by atoms with E-state index in [0.717, 1.165) is 0 Å². The summed E-state index contributed by atoms with van der Waals surface area (Å²) in [7, 11) is 0. The molecule has 0 aliphatic heterocycles. The zero-order valence-electron chi connectivity index (χ0n) is 7.48. The van der Waals surface area contributed by atoms with E-state index in [1.165, 1.54) is 28.5 Å². The zero-order chi connectivity index (χ0) is 11.9. The first kappa shape index (κ1) is 15.3. The van der Waals surface area contributed by atoms with Gasteiger partial charge in [-0.05, 0) is 0 Å². The molecule has 1 aromatic carbocycles. The van der Waals surface area contributed by atoms with Crippen molar-refractivity contribution >= 4 is 35.1 Å². The van der Waals surface area contributed by atoms with Crippen molar-refractivity contribution in [3.05, 3.63) is 40.9 Å². The second kappa shape index (κ2) is 7.58. The number of hydrogen-bond acceptors (Lipinski definition) is 0. The zero-order valence-corrected chi connectivity index (χ0v) is 13.6. The van der Waals surface area contributed by atoms with Gasteiger partial charge in [-0.15, -0.1) is 17.7 Å². The van der Waals surface area contributed by atoms with Crippen LogP contribution in [0.25, 0.3) is 5.57 Å². The van der Waals surface area contributed by atoms with E-state index in [0.29, 0.717) is 0 Å². The second-order valence-electron chi connectivity index (χ2n) is 2.33. The Morgan fingerprint density at radius 1 is 1.13 bits per heavy atom. The standard InChI is InChI=1S/C9H5BrF3.BrH.Zn/c10-6-8(9(11,12)13)7-4-2-1-3-5-7;;/h1-5H;1H;/q-1;;+2/p-1. The van der Waals surface area contributed by atoms with Crippen molar-refractivity contribution in [1.29, 1.82) is 0 Å². The van der Waals surface area contributed by atoms with Gasteiger partial charge in [0.1, 0.15) is 0 Å². The molecule has 0 radical (unpaired) electrons. The molecule has 0 unspecified atom stereocenters. The maximum atomic E-state index is 12.3. The van der Waals surface area contributed by atoms with Crippen LogP contribution in [0, 0.1) is 4.99 Å². The summed E-state index contributed by atoms with van der Waals surface area (Å²) in [6, 6.07) is 7.52. The number of halogens is 5. The molecule has 0 bridgehead atoms. The molecule has 0 saturated carbocycles. The minimum atomic E-state index is -4.37. The van der Waals surface area contributed by atoms with Crippen LogP contribution in [0.1, 0.15) is 5.56 Å². The fourth-order valence-corrected chi connectivity index (χ4v) is 1.33. The van der Waals surface area contributed by atoms with E-state index in [9.17, 15) is 13.2 Å². The van der Waals surface area contributed by atoms with Gasteiger partial charge >= 0.3 is 36.1 Å². The van der Waals surface area contributed by atoms with E-state index in [2.05, 4.69) is 29.6 Å². The van der Waals surface area contributed by atoms with Crippen LogP contribution in [0.15, 0.2) is 30.3 Å². The summed E-state index contributed by atoms with van der Waals surface area (Å²) in [4.78, 5) is 1.96. The molecule has 78 valence electrons. The number of benzene rings is 1. The Labute approximate surface area is 111 Å². The fraction of sp³-hybridized carbons (Fsp3) is 0.111. The van der Waals surface area contributed by atoms with E-state index >= 15 is 0 Å². The molecule has 0 nitrogen and oxygen atoms in total. The molecule has 0 aliphatic carbocycles. The number of hydrogen-bond donors (Lipinski definition) is 0. The van der Waals surface area contributed by atoms with Gasteiger partial charge in [-0.2, -0.15) is 39.6 Å². The molecule has 0 aromatic heterocycles. The molecule has 0 heterocycles. The molecule has 0 amide bonds. The third-order valence-corrected chi connectivity index (χ3v) is 1.84. The first-order chi connectivity index (χ1) is 7.05. The number of rotatable bonds is 1. The number of allylic oxidation sites excluding steroid dienone is 1. The fourth-order valence-electron chi connectivity index (χ4n) is 0.877. The van der Waals surface area contributed by atoms with Crippen molar-refractivity contribution in [3.63, 3.8) is 0 Å². The number of alkyl halides is 3. The van der Waals surface area contributed by atoms with E-state index in [4.69, 9.17) is 0 Å². The quantitative estimate of drug-likeness (QED) is 0.481. The average Bonchev–Trinajstić information content (AvgIpc) is 2.21. The molecular weight excluding hydrogens is 390 g/mol. The van der Waals surface area contributed by atoms with Crippen molar-refractivity contribution in [2.75, 3.05) is 0 Å². The van der Waals surface area contributed by atoms with Gasteiger partial charge in [0.25, 0.3) is 0 Å². The molecule has 15 heavy (non-hydrogen) atoms. The summed E-state index contributed by atoms with van der Waals surface area (Å²) in [6.07, 6.45) is -4.37. The van der Waals surface area contributed by atoms with Crippen molar-refractivity contribution < 1.29 is 29.5 Å². The molecule has 0 N–H and O–H groups in total. The van der Waals surface area contributed by atoms with Crippen LogP contribution in [0.2, 0.25) is 0 Å². The van der Waals surface area contributed by atoms with Crippen LogP contribution >= 0.6 is 29.6 Å². The van der Waals surface area contributed by atoms with Gasteiger partial charge in [0.2, 0.25) is 0 Å². The average molecular weight is 395 g/mol. The van der Waals surface area contributed by atoms with E-state index in [1.807, 2.05) is 4.99 Å². The van der Waals surface area contributed by atoms with Crippen LogP contribution < -0.4 is 0 Å². The van der Waals surface area contributed by atoms with E-state index < -0.39 is 11.7 Å². The van der Waals surface area contributed by atoms with Crippen LogP contribution in [0.4, 0.5) is 13.2 Å². The normalized spacial score (nSPS) is 11.8. The first-order valence-corrected chi connectivity index (χ1v) is 11.4. The Kier molecular flexibility index (Phi) is 7.75. The van der Waals surface area contributed by atoms with Crippen LogP contribution in [-0.4, -0.2) is 6.18 Å². The Balaban J connectivity index is 0.000000921. The Morgan fingerprint density at radius 3 is 1.93 bits per heavy atom. The van der Waals surface area contributed by atoms with Crippen LogP contribution in [0.5, 0.6) is 0 Å². The monoisotopic (exact) mass is 392 g/mol. The molecule has 1 aromatic rings. The first-order valence-electron chi connectivity index (χ1n) is 3.68. The summed E-state index contributed by atoms with van der Waals surface area (Å²) < 4.78 is 36.8. The maximum absolute atomic E-state index is 12.3. The van der Waals surface area contributed by atoms with Gasteiger partial charge in [0.15, 0.2) is 0 Å². The van der Waals surface area contributed by atoms with Crippen molar-refractivity contribution in [3.8, 4) is 0 Å². The van der Waals surface area contributed by atoms with Gasteiger partial charge in [-0.25, -0.2) is 0 Å². The molecule has 0 fully saturated rings. The van der Waals surface area contributed by atoms with Crippen molar-refractivity contribution in [2.45, 2.75) is 6.18 Å². The van der Waals surface area contributed by atoms with Crippen LogP contribution in [-0.2, 0) is 16.3 Å². The molecule has 6 heteroatoms. The molecule has 1 rings (SSSR count). The summed E-state index contributed by atoms with van der Waals surface area (Å²) in [5.41, 5.74) is -0.694. The predicted octanol–water partition coefficient (Wildman–Crippen LogP) is 4.63. The Morgan fingerprint density at radius 2 is 1.60 bits per heavy atom. The summed E-state index contributed by atoms with van der Waals surface area (Å²) >= 11 is 6.83. The summed E-state index contributed by atoms with van der Waals surface area (Å²) in [5, 5.41) is 0. The van der Waals surface area contributed by atoms with Gasteiger partial charge in [-0.3, -0.25) is 0 Å². The van der Waals surface area contributed by atoms with Gasteiger partial charge < -0.3 is 0 Å². The molecular formula is C9H5Br2F3Zn. The summed E-state index contributed by atoms with van der Waals surface area (Å²) in [6.45, 7) is 0. The topological polar surface area (TPSA) is 0 Å². The van der Waals surface area contributed by atoms with Crippen LogP contribution in [0.3, 0.4) is 0 Å². The van der Waals surface area contributed by atoms with E-state index in [-0.39, 0.29) is 5.56 Å². The predicted molar refractivity (Wildman–Crippen MR) is 57.0 cm³/mol.